The van der Waals surface area contributed by atoms with Crippen molar-refractivity contribution in [1.82, 2.24) is 15.0 Å². The molecule has 1 heterocycles. The molecule has 1 aromatic heterocycles. The number of amides is 1. The largest absolute Gasteiger partial charge is 0.326 e. The van der Waals surface area contributed by atoms with E-state index in [0.717, 1.165) is 11.4 Å². The summed E-state index contributed by atoms with van der Waals surface area (Å²) in [6, 6.07) is 7.27. The second kappa shape index (κ2) is 6.15. The third-order valence-electron chi connectivity index (χ3n) is 2.54. The highest BCUT2D eigenvalue weighted by molar-refractivity contribution is 6.33. The molecule has 0 fully saturated rings. The van der Waals surface area contributed by atoms with Gasteiger partial charge in [-0.05, 0) is 13.0 Å². The fourth-order valence-electron chi connectivity index (χ4n) is 1.51. The molecule has 0 aliphatic heterocycles. The first-order valence-electron chi connectivity index (χ1n) is 5.71. The third kappa shape index (κ3) is 3.66. The molecular weight excluding hydrogens is 264 g/mol. The summed E-state index contributed by atoms with van der Waals surface area (Å²) in [6.07, 6.45) is 4.91. The summed E-state index contributed by atoms with van der Waals surface area (Å²) in [7, 11) is 0. The van der Waals surface area contributed by atoms with Crippen LogP contribution in [-0.4, -0.2) is 21.7 Å². The Labute approximate surface area is 115 Å². The minimum atomic E-state index is -0.218. The molecule has 2 aromatic rings. The van der Waals surface area contributed by atoms with Gasteiger partial charge in [-0.25, -0.2) is 10.4 Å². The van der Waals surface area contributed by atoms with Crippen LogP contribution in [0.25, 0.3) is 0 Å². The number of carbonyl (C=O) groups excluding carboxylic acids is 1. The average Bonchev–Trinajstić information content (AvgIpc) is 2.77. The number of nitrogens with one attached hydrogen (secondary N) is 1. The van der Waals surface area contributed by atoms with E-state index >= 15 is 0 Å². The lowest BCUT2D eigenvalue weighted by Crippen LogP contribution is -2.23. The van der Waals surface area contributed by atoms with Gasteiger partial charge in [0.15, 0.2) is 0 Å². The summed E-state index contributed by atoms with van der Waals surface area (Å²) in [6.45, 7) is 2.02. The molecule has 1 N–H and O–H groups in total. The molecule has 0 aliphatic carbocycles. The summed E-state index contributed by atoms with van der Waals surface area (Å²) in [5.74, 6) is 0.564. The van der Waals surface area contributed by atoms with Crippen LogP contribution < -0.4 is 5.43 Å². The van der Waals surface area contributed by atoms with Crippen LogP contribution in [0.2, 0.25) is 5.02 Å². The maximum atomic E-state index is 11.6. The number of carbonyl (C=O) groups is 1. The lowest BCUT2D eigenvalue weighted by molar-refractivity contribution is -0.121. The molecule has 0 spiro atoms. The van der Waals surface area contributed by atoms with E-state index in [1.54, 1.807) is 23.0 Å². The van der Waals surface area contributed by atoms with Gasteiger partial charge in [-0.3, -0.25) is 4.79 Å². The molecule has 0 unspecified atom stereocenters. The topological polar surface area (TPSA) is 59.3 Å². The Kier molecular flexibility index (Phi) is 4.30. The van der Waals surface area contributed by atoms with Crippen LogP contribution in [0, 0.1) is 6.92 Å². The predicted octanol–water partition coefficient (Wildman–Crippen LogP) is 2.00. The maximum Gasteiger partial charge on any atom is 0.260 e. The van der Waals surface area contributed by atoms with Crippen molar-refractivity contribution in [2.45, 2.75) is 13.5 Å². The highest BCUT2D eigenvalue weighted by Gasteiger charge is 2.03. The van der Waals surface area contributed by atoms with E-state index in [-0.39, 0.29) is 12.5 Å². The molecule has 6 heteroatoms. The number of nitrogens with zero attached hydrogens (tertiary/aromatic N) is 3. The van der Waals surface area contributed by atoms with Crippen LogP contribution in [0.3, 0.4) is 0 Å². The third-order valence-corrected chi connectivity index (χ3v) is 2.88. The predicted molar refractivity (Wildman–Crippen MR) is 74.2 cm³/mol. The van der Waals surface area contributed by atoms with Gasteiger partial charge in [-0.2, -0.15) is 5.10 Å². The number of rotatable bonds is 4. The molecule has 19 heavy (non-hydrogen) atoms. The Bertz CT molecular complexity index is 606. The first-order valence-corrected chi connectivity index (χ1v) is 6.09. The summed E-state index contributed by atoms with van der Waals surface area (Å²) in [4.78, 5) is 15.7. The molecule has 0 saturated heterocycles. The van der Waals surface area contributed by atoms with E-state index in [1.165, 1.54) is 6.21 Å². The zero-order chi connectivity index (χ0) is 13.7. The zero-order valence-electron chi connectivity index (χ0n) is 10.4. The fraction of sp³-hybridized carbons (Fsp3) is 0.154. The first-order chi connectivity index (χ1) is 9.16. The minimum absolute atomic E-state index is 0.186. The van der Waals surface area contributed by atoms with E-state index in [2.05, 4.69) is 15.5 Å². The Morgan fingerprint density at radius 2 is 2.32 bits per heavy atom. The Morgan fingerprint density at radius 3 is 3.00 bits per heavy atom. The number of aromatic nitrogens is 2. The van der Waals surface area contributed by atoms with Crippen LogP contribution in [-0.2, 0) is 11.3 Å². The Balaban J connectivity index is 1.91. The van der Waals surface area contributed by atoms with Crippen molar-refractivity contribution < 1.29 is 4.79 Å². The highest BCUT2D eigenvalue weighted by Crippen LogP contribution is 2.11. The molecule has 5 nitrogen and oxygen atoms in total. The van der Waals surface area contributed by atoms with Crippen LogP contribution in [0.5, 0.6) is 0 Å². The van der Waals surface area contributed by atoms with Crippen molar-refractivity contribution in [1.29, 1.82) is 0 Å². The van der Waals surface area contributed by atoms with Crippen molar-refractivity contribution in [3.63, 3.8) is 0 Å². The van der Waals surface area contributed by atoms with Crippen molar-refractivity contribution in [2.24, 2.45) is 5.10 Å². The summed E-state index contributed by atoms with van der Waals surface area (Å²) in [5, 5.41) is 4.46. The molecule has 2 rings (SSSR count). The summed E-state index contributed by atoms with van der Waals surface area (Å²) in [5.41, 5.74) is 3.20. The smallest absolute Gasteiger partial charge is 0.260 e. The fourth-order valence-corrected chi connectivity index (χ4v) is 1.70. The van der Waals surface area contributed by atoms with Crippen LogP contribution in [0.1, 0.15) is 11.4 Å². The van der Waals surface area contributed by atoms with Gasteiger partial charge >= 0.3 is 0 Å². The second-order valence-electron chi connectivity index (χ2n) is 3.92. The van der Waals surface area contributed by atoms with Crippen LogP contribution in [0.15, 0.2) is 41.8 Å². The summed E-state index contributed by atoms with van der Waals surface area (Å²) >= 11 is 5.96. The Morgan fingerprint density at radius 1 is 1.53 bits per heavy atom. The number of halogens is 1. The quantitative estimate of drug-likeness (QED) is 0.686. The SMILES string of the molecule is Cc1nccn1CC(=O)N/N=C\c1ccccc1Cl. The standard InChI is InChI=1S/C13H13ClN4O/c1-10-15-6-7-18(10)9-13(19)17-16-8-11-4-2-3-5-12(11)14/h2-8H,9H2,1H3,(H,17,19)/b16-8-. The van der Waals surface area contributed by atoms with Gasteiger partial charge in [0.05, 0.1) is 6.21 Å². The molecule has 98 valence electrons. The first kappa shape index (κ1) is 13.3. The van der Waals surface area contributed by atoms with Gasteiger partial charge in [0, 0.05) is 23.0 Å². The number of aryl methyl sites for hydroxylation is 1. The summed E-state index contributed by atoms with van der Waals surface area (Å²) < 4.78 is 1.74. The van der Waals surface area contributed by atoms with E-state index in [4.69, 9.17) is 11.6 Å². The van der Waals surface area contributed by atoms with Gasteiger partial charge in [-0.15, -0.1) is 0 Å². The van der Waals surface area contributed by atoms with Crippen molar-refractivity contribution in [3.8, 4) is 0 Å². The van der Waals surface area contributed by atoms with Gasteiger partial charge in [0.25, 0.3) is 5.91 Å². The highest BCUT2D eigenvalue weighted by atomic mass is 35.5. The Hall–Kier alpha value is -2.14. The van der Waals surface area contributed by atoms with Gasteiger partial charge in [-0.1, -0.05) is 29.8 Å². The van der Waals surface area contributed by atoms with Crippen molar-refractivity contribution >= 4 is 23.7 Å². The lowest BCUT2D eigenvalue weighted by atomic mass is 10.2. The molecule has 0 saturated carbocycles. The van der Waals surface area contributed by atoms with E-state index in [9.17, 15) is 4.79 Å². The van der Waals surface area contributed by atoms with Gasteiger partial charge < -0.3 is 4.57 Å². The van der Waals surface area contributed by atoms with Crippen molar-refractivity contribution in [3.05, 3.63) is 53.1 Å². The monoisotopic (exact) mass is 276 g/mol. The number of benzene rings is 1. The number of hydrazone groups is 1. The lowest BCUT2D eigenvalue weighted by Gasteiger charge is -2.03. The molecule has 0 aliphatic rings. The molecule has 1 amide bonds. The normalized spacial score (nSPS) is 10.8. The number of hydrogen-bond donors (Lipinski definition) is 1. The van der Waals surface area contributed by atoms with E-state index in [0.29, 0.717) is 5.02 Å². The molecule has 0 radical (unpaired) electrons. The van der Waals surface area contributed by atoms with Crippen molar-refractivity contribution in [2.75, 3.05) is 0 Å². The zero-order valence-corrected chi connectivity index (χ0v) is 11.1. The van der Waals surface area contributed by atoms with Crippen LogP contribution >= 0.6 is 11.6 Å². The van der Waals surface area contributed by atoms with E-state index < -0.39 is 0 Å². The molecule has 1 aromatic carbocycles. The average molecular weight is 277 g/mol. The van der Waals surface area contributed by atoms with E-state index in [1.807, 2.05) is 25.1 Å². The maximum absolute atomic E-state index is 11.6. The minimum Gasteiger partial charge on any atom is -0.326 e. The molecule has 0 atom stereocenters. The van der Waals surface area contributed by atoms with Gasteiger partial charge in [0.1, 0.15) is 12.4 Å². The van der Waals surface area contributed by atoms with Gasteiger partial charge in [0.2, 0.25) is 0 Å². The molecular formula is C13H13ClN4O. The number of hydrogen-bond acceptors (Lipinski definition) is 3. The molecule has 0 bridgehead atoms. The second-order valence-corrected chi connectivity index (χ2v) is 4.32. The number of imidazole rings is 1. The van der Waals surface area contributed by atoms with Crippen LogP contribution in [0.4, 0.5) is 0 Å².